The van der Waals surface area contributed by atoms with Crippen LogP contribution in [0.2, 0.25) is 0 Å². The zero-order chi connectivity index (χ0) is 14.9. The standard InChI is InChI=1S/C15H21NO4/c1-4-15(5-2)13(17)9-14(15)20-12-7-6-10(3)8-11(12)16(18)19/h6-8,13-14,17H,4-5,9H2,1-3H3. The Morgan fingerprint density at radius 2 is 2.10 bits per heavy atom. The van der Waals surface area contributed by atoms with Crippen molar-refractivity contribution in [1.29, 1.82) is 0 Å². The lowest BCUT2D eigenvalue weighted by Crippen LogP contribution is -2.59. The summed E-state index contributed by atoms with van der Waals surface area (Å²) in [6.45, 7) is 5.85. The van der Waals surface area contributed by atoms with Crippen molar-refractivity contribution in [2.24, 2.45) is 5.41 Å². The third-order valence-electron chi connectivity index (χ3n) is 4.64. The maximum absolute atomic E-state index is 11.1. The van der Waals surface area contributed by atoms with Crippen molar-refractivity contribution >= 4 is 5.69 Å². The lowest BCUT2D eigenvalue weighted by atomic mass is 9.60. The van der Waals surface area contributed by atoms with E-state index in [9.17, 15) is 15.2 Å². The summed E-state index contributed by atoms with van der Waals surface area (Å²) in [4.78, 5) is 10.7. The van der Waals surface area contributed by atoms with E-state index in [2.05, 4.69) is 0 Å². The highest BCUT2D eigenvalue weighted by atomic mass is 16.6. The number of rotatable bonds is 5. The molecule has 0 saturated heterocycles. The van der Waals surface area contributed by atoms with Crippen LogP contribution in [0.5, 0.6) is 5.75 Å². The highest BCUT2D eigenvalue weighted by Gasteiger charge is 2.54. The average molecular weight is 279 g/mol. The molecule has 2 rings (SSSR count). The van der Waals surface area contributed by atoms with E-state index >= 15 is 0 Å². The SMILES string of the molecule is CCC1(CC)C(O)CC1Oc1ccc(C)cc1[N+](=O)[O-]. The number of ether oxygens (including phenoxy) is 1. The molecule has 20 heavy (non-hydrogen) atoms. The van der Waals surface area contributed by atoms with Gasteiger partial charge in [0.05, 0.1) is 11.0 Å². The summed E-state index contributed by atoms with van der Waals surface area (Å²) in [5.74, 6) is 0.295. The molecule has 0 amide bonds. The quantitative estimate of drug-likeness (QED) is 0.663. The molecule has 1 aromatic carbocycles. The number of nitrogens with zero attached hydrogens (tertiary/aromatic N) is 1. The topological polar surface area (TPSA) is 72.6 Å². The maximum Gasteiger partial charge on any atom is 0.311 e. The third-order valence-corrected chi connectivity index (χ3v) is 4.64. The summed E-state index contributed by atoms with van der Waals surface area (Å²) < 4.78 is 5.86. The summed E-state index contributed by atoms with van der Waals surface area (Å²) in [5.41, 5.74) is 0.543. The third kappa shape index (κ3) is 2.26. The number of aliphatic hydroxyl groups is 1. The lowest BCUT2D eigenvalue weighted by Gasteiger charge is -2.52. The molecule has 0 heterocycles. The molecule has 2 unspecified atom stereocenters. The van der Waals surface area contributed by atoms with Crippen molar-refractivity contribution in [3.8, 4) is 5.75 Å². The van der Waals surface area contributed by atoms with Crippen molar-refractivity contribution in [1.82, 2.24) is 0 Å². The minimum absolute atomic E-state index is 0.00695. The Labute approximate surface area is 118 Å². The van der Waals surface area contributed by atoms with Crippen LogP contribution in [-0.4, -0.2) is 22.2 Å². The minimum atomic E-state index is -0.420. The first-order chi connectivity index (χ1) is 9.44. The molecule has 110 valence electrons. The summed E-state index contributed by atoms with van der Waals surface area (Å²) >= 11 is 0. The second-order valence-electron chi connectivity index (χ2n) is 5.53. The molecular formula is C15H21NO4. The van der Waals surface area contributed by atoms with Gasteiger partial charge in [0.1, 0.15) is 6.10 Å². The van der Waals surface area contributed by atoms with E-state index in [1.54, 1.807) is 12.1 Å². The van der Waals surface area contributed by atoms with Crippen LogP contribution in [0, 0.1) is 22.5 Å². The van der Waals surface area contributed by atoms with Crippen LogP contribution >= 0.6 is 0 Å². The number of aryl methyl sites for hydroxylation is 1. The predicted octanol–water partition coefficient (Wildman–Crippen LogP) is 3.22. The van der Waals surface area contributed by atoms with Crippen molar-refractivity contribution < 1.29 is 14.8 Å². The second kappa shape index (κ2) is 5.40. The molecule has 0 radical (unpaired) electrons. The number of aliphatic hydroxyl groups excluding tert-OH is 1. The summed E-state index contributed by atoms with van der Waals surface area (Å²) in [6.07, 6.45) is 1.59. The molecule has 1 aliphatic rings. The molecule has 0 aliphatic heterocycles. The van der Waals surface area contributed by atoms with Gasteiger partial charge < -0.3 is 9.84 Å². The van der Waals surface area contributed by atoms with Gasteiger partial charge in [-0.05, 0) is 31.4 Å². The molecular weight excluding hydrogens is 258 g/mol. The molecule has 2 atom stereocenters. The first-order valence-corrected chi connectivity index (χ1v) is 7.04. The van der Waals surface area contributed by atoms with E-state index in [1.165, 1.54) is 6.07 Å². The normalized spacial score (nSPS) is 24.0. The molecule has 0 aromatic heterocycles. The van der Waals surface area contributed by atoms with Crippen LogP contribution in [0.4, 0.5) is 5.69 Å². The van der Waals surface area contributed by atoms with Gasteiger partial charge in [-0.2, -0.15) is 0 Å². The first kappa shape index (κ1) is 14.8. The Hall–Kier alpha value is -1.62. The van der Waals surface area contributed by atoms with Crippen molar-refractivity contribution in [3.63, 3.8) is 0 Å². The van der Waals surface area contributed by atoms with Crippen LogP contribution in [0.25, 0.3) is 0 Å². The monoisotopic (exact) mass is 279 g/mol. The summed E-state index contributed by atoms with van der Waals surface area (Å²) in [7, 11) is 0. The van der Waals surface area contributed by atoms with Crippen LogP contribution in [0.15, 0.2) is 18.2 Å². The fourth-order valence-electron chi connectivity index (χ4n) is 3.09. The number of nitro groups is 1. The highest BCUT2D eigenvalue weighted by Crippen LogP contribution is 2.49. The maximum atomic E-state index is 11.1. The molecule has 0 spiro atoms. The Morgan fingerprint density at radius 3 is 2.60 bits per heavy atom. The van der Waals surface area contributed by atoms with Gasteiger partial charge in [0.25, 0.3) is 0 Å². The van der Waals surface area contributed by atoms with E-state index < -0.39 is 4.92 Å². The van der Waals surface area contributed by atoms with Crippen LogP contribution in [0.3, 0.4) is 0 Å². The molecule has 1 aromatic rings. The van der Waals surface area contributed by atoms with Crippen LogP contribution in [-0.2, 0) is 0 Å². The summed E-state index contributed by atoms with van der Waals surface area (Å²) in [6, 6.07) is 4.97. The van der Waals surface area contributed by atoms with Gasteiger partial charge in [0, 0.05) is 17.9 Å². The van der Waals surface area contributed by atoms with Crippen LogP contribution in [0.1, 0.15) is 38.7 Å². The fourth-order valence-corrected chi connectivity index (χ4v) is 3.09. The Kier molecular flexibility index (Phi) is 3.99. The Balaban J connectivity index is 2.25. The predicted molar refractivity (Wildman–Crippen MR) is 75.9 cm³/mol. The van der Waals surface area contributed by atoms with E-state index in [-0.39, 0.29) is 23.3 Å². The highest BCUT2D eigenvalue weighted by molar-refractivity contribution is 5.48. The van der Waals surface area contributed by atoms with Gasteiger partial charge in [-0.15, -0.1) is 0 Å². The number of nitro benzene ring substituents is 1. The molecule has 5 nitrogen and oxygen atoms in total. The molecule has 1 N–H and O–H groups in total. The van der Waals surface area contributed by atoms with Gasteiger partial charge >= 0.3 is 5.69 Å². The molecule has 1 saturated carbocycles. The fraction of sp³-hybridized carbons (Fsp3) is 0.600. The van der Waals surface area contributed by atoms with Gasteiger partial charge in [0.2, 0.25) is 0 Å². The average Bonchev–Trinajstić information content (AvgIpc) is 2.41. The second-order valence-corrected chi connectivity index (χ2v) is 5.53. The van der Waals surface area contributed by atoms with Gasteiger partial charge in [0.15, 0.2) is 5.75 Å². The van der Waals surface area contributed by atoms with E-state index in [0.29, 0.717) is 12.2 Å². The molecule has 5 heteroatoms. The molecule has 1 aliphatic carbocycles. The number of benzene rings is 1. The zero-order valence-corrected chi connectivity index (χ0v) is 12.1. The van der Waals surface area contributed by atoms with E-state index in [1.807, 2.05) is 20.8 Å². The minimum Gasteiger partial charge on any atom is -0.483 e. The number of hydrogen-bond donors (Lipinski definition) is 1. The van der Waals surface area contributed by atoms with E-state index in [4.69, 9.17) is 4.74 Å². The Bertz CT molecular complexity index is 511. The summed E-state index contributed by atoms with van der Waals surface area (Å²) in [5, 5.41) is 21.1. The smallest absolute Gasteiger partial charge is 0.311 e. The zero-order valence-electron chi connectivity index (χ0n) is 12.1. The van der Waals surface area contributed by atoms with Gasteiger partial charge in [-0.1, -0.05) is 19.9 Å². The number of hydrogen-bond acceptors (Lipinski definition) is 4. The Morgan fingerprint density at radius 1 is 1.45 bits per heavy atom. The van der Waals surface area contributed by atoms with Crippen molar-refractivity contribution in [3.05, 3.63) is 33.9 Å². The van der Waals surface area contributed by atoms with Gasteiger partial charge in [-0.25, -0.2) is 0 Å². The first-order valence-electron chi connectivity index (χ1n) is 7.04. The van der Waals surface area contributed by atoms with Gasteiger partial charge in [-0.3, -0.25) is 10.1 Å². The lowest BCUT2D eigenvalue weighted by molar-refractivity contribution is -0.386. The molecule has 1 fully saturated rings. The molecule has 0 bridgehead atoms. The van der Waals surface area contributed by atoms with Crippen molar-refractivity contribution in [2.75, 3.05) is 0 Å². The largest absolute Gasteiger partial charge is 0.483 e. The van der Waals surface area contributed by atoms with Crippen molar-refractivity contribution in [2.45, 2.75) is 52.2 Å². The van der Waals surface area contributed by atoms with Crippen LogP contribution < -0.4 is 4.74 Å². The van der Waals surface area contributed by atoms with E-state index in [0.717, 1.165) is 18.4 Å².